The van der Waals surface area contributed by atoms with Crippen molar-refractivity contribution in [3.8, 4) is 0 Å². The molecule has 0 bridgehead atoms. The number of carboxylic acids is 1. The summed E-state index contributed by atoms with van der Waals surface area (Å²) in [5, 5.41) is 11.7. The van der Waals surface area contributed by atoms with Gasteiger partial charge >= 0.3 is 5.97 Å². The third kappa shape index (κ3) is 2.48. The van der Waals surface area contributed by atoms with E-state index in [1.165, 1.54) is 11.3 Å². The Labute approximate surface area is 102 Å². The van der Waals surface area contributed by atoms with E-state index < -0.39 is 5.97 Å². The highest BCUT2D eigenvalue weighted by atomic mass is 32.1. The quantitative estimate of drug-likeness (QED) is 0.853. The molecular formula is C11H13NO4S. The molecule has 1 aliphatic rings. The van der Waals surface area contributed by atoms with Crippen LogP contribution in [0.5, 0.6) is 0 Å². The molecule has 0 spiro atoms. The number of carbonyl (C=O) groups is 2. The minimum Gasteiger partial charge on any atom is -0.477 e. The number of ether oxygens (including phenoxy) is 1. The lowest BCUT2D eigenvalue weighted by molar-refractivity contribution is -0.119. The van der Waals surface area contributed by atoms with Crippen molar-refractivity contribution in [1.29, 1.82) is 0 Å². The Morgan fingerprint density at radius 3 is 2.88 bits per heavy atom. The largest absolute Gasteiger partial charge is 0.477 e. The molecule has 1 fully saturated rings. The van der Waals surface area contributed by atoms with E-state index in [1.807, 2.05) is 0 Å². The molecule has 1 aromatic heterocycles. The number of hydrogen-bond donors (Lipinski definition) is 2. The van der Waals surface area contributed by atoms with Crippen LogP contribution in [-0.4, -0.2) is 30.1 Å². The van der Waals surface area contributed by atoms with Gasteiger partial charge in [0.2, 0.25) is 5.91 Å². The Morgan fingerprint density at radius 2 is 2.41 bits per heavy atom. The number of rotatable bonds is 4. The van der Waals surface area contributed by atoms with Crippen molar-refractivity contribution in [1.82, 2.24) is 5.32 Å². The zero-order valence-electron chi connectivity index (χ0n) is 9.30. The minimum absolute atomic E-state index is 0.0204. The molecule has 1 saturated heterocycles. The fraction of sp³-hybridized carbons (Fsp3) is 0.455. The average molecular weight is 255 g/mol. The van der Waals surface area contributed by atoms with Gasteiger partial charge in [0, 0.05) is 18.4 Å². The first-order valence-corrected chi connectivity index (χ1v) is 6.08. The highest BCUT2D eigenvalue weighted by molar-refractivity contribution is 7.14. The topological polar surface area (TPSA) is 75.6 Å². The number of aromatic carboxylic acids is 1. The van der Waals surface area contributed by atoms with Gasteiger partial charge in [0.25, 0.3) is 0 Å². The van der Waals surface area contributed by atoms with Crippen LogP contribution in [0.25, 0.3) is 0 Å². The second-order valence-electron chi connectivity index (χ2n) is 3.88. The molecule has 92 valence electrons. The maximum Gasteiger partial charge on any atom is 0.345 e. The van der Waals surface area contributed by atoms with E-state index in [9.17, 15) is 9.59 Å². The number of thiophene rings is 1. The molecule has 0 aliphatic carbocycles. The van der Waals surface area contributed by atoms with E-state index in [4.69, 9.17) is 9.84 Å². The predicted octanol–water partition coefficient (Wildman–Crippen LogP) is 1.41. The maximum absolute atomic E-state index is 11.2. The molecule has 0 saturated carbocycles. The van der Waals surface area contributed by atoms with E-state index in [-0.39, 0.29) is 22.9 Å². The predicted molar refractivity (Wildman–Crippen MR) is 62.2 cm³/mol. The molecule has 1 aromatic rings. The number of nitrogens with one attached hydrogen (secondary N) is 1. The van der Waals surface area contributed by atoms with Gasteiger partial charge in [-0.25, -0.2) is 4.79 Å². The third-order valence-electron chi connectivity index (χ3n) is 2.77. The summed E-state index contributed by atoms with van der Waals surface area (Å²) < 4.78 is 5.36. The second kappa shape index (κ2) is 4.85. The van der Waals surface area contributed by atoms with Crippen LogP contribution in [0.3, 0.4) is 0 Å². The lowest BCUT2D eigenvalue weighted by atomic mass is 10.1. The second-order valence-corrected chi connectivity index (χ2v) is 4.99. The van der Waals surface area contributed by atoms with Crippen molar-refractivity contribution in [2.45, 2.75) is 25.0 Å². The number of carboxylic acid groups (broad SMARTS) is 1. The Morgan fingerprint density at radius 1 is 1.65 bits per heavy atom. The van der Waals surface area contributed by atoms with Crippen LogP contribution >= 0.6 is 11.3 Å². The minimum atomic E-state index is -0.938. The van der Waals surface area contributed by atoms with Gasteiger partial charge in [0.1, 0.15) is 11.0 Å². The lowest BCUT2D eigenvalue weighted by Crippen LogP contribution is -2.31. The van der Waals surface area contributed by atoms with Crippen LogP contribution in [0, 0.1) is 0 Å². The lowest BCUT2D eigenvalue weighted by Gasteiger charge is -2.20. The summed E-state index contributed by atoms with van der Waals surface area (Å²) in [6.07, 6.45) is 0.957. The summed E-state index contributed by atoms with van der Waals surface area (Å²) in [7, 11) is 1.56. The van der Waals surface area contributed by atoms with Crippen LogP contribution in [0.15, 0.2) is 12.1 Å². The van der Waals surface area contributed by atoms with Crippen LogP contribution in [-0.2, 0) is 9.53 Å². The van der Waals surface area contributed by atoms with Crippen molar-refractivity contribution < 1.29 is 19.4 Å². The van der Waals surface area contributed by atoms with Crippen LogP contribution < -0.4 is 5.32 Å². The monoisotopic (exact) mass is 255 g/mol. The first-order valence-electron chi connectivity index (χ1n) is 5.27. The SMILES string of the molecule is CO[C@H](c1ccc(C(=O)O)s1)C1CCC(=O)N1. The van der Waals surface area contributed by atoms with Crippen molar-refractivity contribution in [2.75, 3.05) is 7.11 Å². The first kappa shape index (κ1) is 12.1. The third-order valence-corrected chi connectivity index (χ3v) is 3.90. The van der Waals surface area contributed by atoms with Gasteiger partial charge in [-0.2, -0.15) is 0 Å². The highest BCUT2D eigenvalue weighted by Crippen LogP contribution is 2.31. The number of amides is 1. The molecule has 1 unspecified atom stereocenters. The molecule has 0 aromatic carbocycles. The van der Waals surface area contributed by atoms with Gasteiger partial charge in [-0.15, -0.1) is 11.3 Å². The number of carbonyl (C=O) groups excluding carboxylic acids is 1. The fourth-order valence-corrected chi connectivity index (χ4v) is 2.95. The summed E-state index contributed by atoms with van der Waals surface area (Å²) in [6, 6.07) is 3.24. The summed E-state index contributed by atoms with van der Waals surface area (Å²) in [4.78, 5) is 23.1. The summed E-state index contributed by atoms with van der Waals surface area (Å²) in [5.74, 6) is -0.918. The summed E-state index contributed by atoms with van der Waals surface area (Å²) in [6.45, 7) is 0. The van der Waals surface area contributed by atoms with Gasteiger partial charge in [0.15, 0.2) is 0 Å². The van der Waals surface area contributed by atoms with Gasteiger partial charge in [-0.05, 0) is 18.6 Å². The van der Waals surface area contributed by atoms with Gasteiger partial charge in [0.05, 0.1) is 6.04 Å². The van der Waals surface area contributed by atoms with Crippen molar-refractivity contribution in [3.05, 3.63) is 21.9 Å². The molecule has 5 nitrogen and oxygen atoms in total. The molecule has 1 amide bonds. The van der Waals surface area contributed by atoms with Crippen molar-refractivity contribution >= 4 is 23.2 Å². The smallest absolute Gasteiger partial charge is 0.345 e. The van der Waals surface area contributed by atoms with Crippen LogP contribution in [0.4, 0.5) is 0 Å². The molecule has 2 rings (SSSR count). The molecule has 1 aliphatic heterocycles. The standard InChI is InChI=1S/C11H13NO4S/c1-16-10(6-2-5-9(13)12-6)7-3-4-8(17-7)11(14)15/h3-4,6,10H,2,5H2,1H3,(H,12,13)(H,14,15)/t6?,10-/m0/s1. The fourth-order valence-electron chi connectivity index (χ4n) is 1.96. The number of hydrogen-bond acceptors (Lipinski definition) is 4. The van der Waals surface area contributed by atoms with E-state index in [1.54, 1.807) is 19.2 Å². The molecule has 0 radical (unpaired) electrons. The molecule has 2 heterocycles. The van der Waals surface area contributed by atoms with Crippen LogP contribution in [0.1, 0.15) is 33.5 Å². The van der Waals surface area contributed by atoms with Gasteiger partial charge in [-0.3, -0.25) is 4.79 Å². The zero-order chi connectivity index (χ0) is 12.4. The number of methoxy groups -OCH3 is 1. The van der Waals surface area contributed by atoms with Crippen LogP contribution in [0.2, 0.25) is 0 Å². The zero-order valence-corrected chi connectivity index (χ0v) is 10.1. The molecule has 6 heteroatoms. The van der Waals surface area contributed by atoms with Gasteiger partial charge in [-0.1, -0.05) is 0 Å². The van der Waals surface area contributed by atoms with E-state index >= 15 is 0 Å². The van der Waals surface area contributed by atoms with Crippen molar-refractivity contribution in [2.24, 2.45) is 0 Å². The van der Waals surface area contributed by atoms with E-state index in [0.29, 0.717) is 6.42 Å². The van der Waals surface area contributed by atoms with Crippen molar-refractivity contribution in [3.63, 3.8) is 0 Å². The Bertz CT molecular complexity index is 442. The molecule has 2 N–H and O–H groups in total. The maximum atomic E-state index is 11.2. The Kier molecular flexibility index (Phi) is 3.44. The Hall–Kier alpha value is -1.40. The summed E-state index contributed by atoms with van der Waals surface area (Å²) in [5.41, 5.74) is 0. The van der Waals surface area contributed by atoms with E-state index in [0.717, 1.165) is 11.3 Å². The first-order chi connectivity index (χ1) is 8.11. The summed E-state index contributed by atoms with van der Waals surface area (Å²) >= 11 is 1.19. The molecular weight excluding hydrogens is 242 g/mol. The highest BCUT2D eigenvalue weighted by Gasteiger charge is 2.31. The molecule has 17 heavy (non-hydrogen) atoms. The van der Waals surface area contributed by atoms with Gasteiger partial charge < -0.3 is 15.2 Å². The normalized spacial score (nSPS) is 21.2. The Balaban J connectivity index is 2.17. The molecule has 2 atom stereocenters. The van der Waals surface area contributed by atoms with E-state index in [2.05, 4.69) is 5.32 Å². The average Bonchev–Trinajstić information content (AvgIpc) is 2.89.